The molecule has 7 heteroatoms. The Kier molecular flexibility index (Phi) is 4.92. The lowest BCUT2D eigenvalue weighted by Crippen LogP contribution is -2.41. The molecule has 32 heavy (non-hydrogen) atoms. The minimum absolute atomic E-state index is 0.0117. The molecule has 166 valence electrons. The lowest BCUT2D eigenvalue weighted by molar-refractivity contribution is -0.132. The summed E-state index contributed by atoms with van der Waals surface area (Å²) in [6, 6.07) is 9.62. The van der Waals surface area contributed by atoms with Crippen molar-refractivity contribution in [3.05, 3.63) is 59.0 Å². The third-order valence-corrected chi connectivity index (χ3v) is 6.75. The van der Waals surface area contributed by atoms with Gasteiger partial charge in [0.2, 0.25) is 0 Å². The van der Waals surface area contributed by atoms with Gasteiger partial charge >= 0.3 is 0 Å². The van der Waals surface area contributed by atoms with Gasteiger partial charge in [-0.1, -0.05) is 19.1 Å². The topological polar surface area (TPSA) is 89.0 Å². The average molecular weight is 434 g/mol. The number of amides is 1. The van der Waals surface area contributed by atoms with Crippen LogP contribution in [0.1, 0.15) is 43.5 Å². The molecule has 1 saturated carbocycles. The molecule has 5 rings (SSSR count). The third-order valence-electron chi connectivity index (χ3n) is 6.75. The number of carbonyl (C=O) groups excluding carboxylic acids is 2. The summed E-state index contributed by atoms with van der Waals surface area (Å²) in [7, 11) is 1.46. The molecule has 0 saturated heterocycles. The Bertz CT molecular complexity index is 1140. The fraction of sp³-hybridized carbons (Fsp3) is 0.400. The Balaban J connectivity index is 1.67. The molecule has 1 N–H and O–H groups in total. The summed E-state index contributed by atoms with van der Waals surface area (Å²) in [5.74, 6) is 0.642. The fourth-order valence-electron chi connectivity index (χ4n) is 5.16. The van der Waals surface area contributed by atoms with Crippen molar-refractivity contribution < 1.29 is 24.2 Å². The van der Waals surface area contributed by atoms with Crippen molar-refractivity contribution in [2.75, 3.05) is 12.0 Å². The van der Waals surface area contributed by atoms with E-state index in [0.29, 0.717) is 22.9 Å². The number of aromatic hydroxyl groups is 1. The number of aromatic nitrogens is 1. The molecule has 7 nitrogen and oxygen atoms in total. The van der Waals surface area contributed by atoms with Gasteiger partial charge in [0.15, 0.2) is 23.0 Å². The van der Waals surface area contributed by atoms with Crippen LogP contribution in [0.25, 0.3) is 0 Å². The predicted molar refractivity (Wildman–Crippen MR) is 117 cm³/mol. The van der Waals surface area contributed by atoms with Crippen LogP contribution in [0.2, 0.25) is 0 Å². The first kappa shape index (κ1) is 20.5. The fourth-order valence-corrected chi connectivity index (χ4v) is 5.16. The molecule has 1 aliphatic carbocycles. The number of pyridine rings is 1. The summed E-state index contributed by atoms with van der Waals surface area (Å²) in [6.07, 6.45) is 2.24. The van der Waals surface area contributed by atoms with Gasteiger partial charge < -0.3 is 14.6 Å². The zero-order valence-electron chi connectivity index (χ0n) is 18.4. The van der Waals surface area contributed by atoms with E-state index in [9.17, 15) is 14.7 Å². The lowest BCUT2D eigenvalue weighted by Gasteiger charge is -2.37. The summed E-state index contributed by atoms with van der Waals surface area (Å²) in [5.41, 5.74) is 1.79. The minimum Gasteiger partial charge on any atom is -0.504 e. The molecule has 0 spiro atoms. The molecule has 1 aromatic carbocycles. The van der Waals surface area contributed by atoms with Crippen molar-refractivity contribution in [2.24, 2.45) is 11.8 Å². The molecular formula is C25H26N2O5. The number of carbonyl (C=O) groups is 2. The van der Waals surface area contributed by atoms with Crippen LogP contribution in [0.5, 0.6) is 11.5 Å². The number of ketones is 1. The quantitative estimate of drug-likeness (QED) is 0.789. The van der Waals surface area contributed by atoms with Crippen molar-refractivity contribution in [1.82, 2.24) is 4.98 Å². The number of fused-ring (bicyclic) bond motifs is 1. The van der Waals surface area contributed by atoms with Crippen LogP contribution in [0, 0.1) is 18.8 Å². The van der Waals surface area contributed by atoms with Crippen molar-refractivity contribution in [1.29, 1.82) is 0 Å². The maximum absolute atomic E-state index is 13.8. The van der Waals surface area contributed by atoms with Crippen LogP contribution < -0.4 is 9.64 Å². The number of phenolic OH excluding ortho intramolecular Hbond substituents is 1. The number of aryl methyl sites for hydroxylation is 1. The summed E-state index contributed by atoms with van der Waals surface area (Å²) in [5, 5.41) is 10.1. The molecule has 4 atom stereocenters. The van der Waals surface area contributed by atoms with Gasteiger partial charge in [-0.2, -0.15) is 0 Å². The van der Waals surface area contributed by atoms with E-state index < -0.39 is 6.04 Å². The van der Waals surface area contributed by atoms with Gasteiger partial charge in [0.1, 0.15) is 11.9 Å². The highest BCUT2D eigenvalue weighted by Gasteiger charge is 2.53. The lowest BCUT2D eigenvalue weighted by atomic mass is 9.74. The monoisotopic (exact) mass is 434 g/mol. The van der Waals surface area contributed by atoms with Gasteiger partial charge in [-0.15, -0.1) is 0 Å². The van der Waals surface area contributed by atoms with Crippen LogP contribution >= 0.6 is 0 Å². The number of rotatable bonds is 3. The Morgan fingerprint density at radius 1 is 1.19 bits per heavy atom. The predicted octanol–water partition coefficient (Wildman–Crippen LogP) is 3.85. The van der Waals surface area contributed by atoms with Crippen molar-refractivity contribution >= 4 is 17.5 Å². The molecule has 0 radical (unpaired) electrons. The molecule has 1 fully saturated rings. The number of nitrogens with zero attached hydrogens (tertiary/aromatic N) is 2. The van der Waals surface area contributed by atoms with Crippen LogP contribution in [-0.2, 0) is 14.3 Å². The van der Waals surface area contributed by atoms with Gasteiger partial charge in [0.05, 0.1) is 24.6 Å². The number of benzene rings is 1. The second kappa shape index (κ2) is 7.65. The largest absolute Gasteiger partial charge is 0.504 e. The van der Waals surface area contributed by atoms with Gasteiger partial charge in [-0.25, -0.2) is 4.98 Å². The highest BCUT2D eigenvalue weighted by Crippen LogP contribution is 2.49. The van der Waals surface area contributed by atoms with E-state index in [4.69, 9.17) is 9.47 Å². The first-order chi connectivity index (χ1) is 15.4. The van der Waals surface area contributed by atoms with E-state index >= 15 is 0 Å². The SMILES string of the molecule is COc1cc(C2C3=C(OC4CCC(C)CC4C3=O)C(=O)N2c2cccc(C)n2)ccc1O. The van der Waals surface area contributed by atoms with Gasteiger partial charge in [-0.05, 0) is 61.9 Å². The number of hydrogen-bond donors (Lipinski definition) is 1. The molecule has 4 unspecified atom stereocenters. The standard InChI is InChI=1S/C25H26N2O5/c1-13-7-10-18-16(11-13)23(29)21-22(15-8-9-17(28)19(12-15)31-3)27(25(30)24(21)32-18)20-6-4-5-14(2)26-20/h4-6,8-9,12-13,16,18,22,28H,7,10-11H2,1-3H3. The summed E-state index contributed by atoms with van der Waals surface area (Å²) >= 11 is 0. The zero-order valence-corrected chi connectivity index (χ0v) is 18.4. The van der Waals surface area contributed by atoms with Crippen LogP contribution in [0.3, 0.4) is 0 Å². The van der Waals surface area contributed by atoms with E-state index in [1.165, 1.54) is 18.1 Å². The molecule has 3 heterocycles. The van der Waals surface area contributed by atoms with Crippen molar-refractivity contribution in [3.8, 4) is 11.5 Å². The van der Waals surface area contributed by atoms with E-state index in [1.807, 2.05) is 19.1 Å². The van der Waals surface area contributed by atoms with E-state index in [1.54, 1.807) is 18.2 Å². The number of Topliss-reactive ketones (excluding diaryl/α,β-unsaturated/α-hetero) is 1. The van der Waals surface area contributed by atoms with Crippen LogP contribution in [0.15, 0.2) is 47.7 Å². The molecule has 3 aliphatic rings. The Morgan fingerprint density at radius 2 is 2.00 bits per heavy atom. The highest BCUT2D eigenvalue weighted by molar-refractivity contribution is 6.17. The molecule has 1 aromatic heterocycles. The van der Waals surface area contributed by atoms with Crippen LogP contribution in [0.4, 0.5) is 5.82 Å². The van der Waals surface area contributed by atoms with Crippen molar-refractivity contribution in [2.45, 2.75) is 45.3 Å². The Labute approximate surface area is 186 Å². The molecule has 1 amide bonds. The number of ether oxygens (including phenoxy) is 2. The Hall–Kier alpha value is -3.35. The average Bonchev–Trinajstić information content (AvgIpc) is 3.07. The smallest absolute Gasteiger partial charge is 0.295 e. The number of methoxy groups -OCH3 is 1. The summed E-state index contributed by atoms with van der Waals surface area (Å²) in [4.78, 5) is 33.5. The number of anilines is 1. The van der Waals surface area contributed by atoms with E-state index in [2.05, 4.69) is 11.9 Å². The van der Waals surface area contributed by atoms with Gasteiger partial charge in [0, 0.05) is 5.69 Å². The summed E-state index contributed by atoms with van der Waals surface area (Å²) < 4.78 is 11.5. The maximum Gasteiger partial charge on any atom is 0.295 e. The molecule has 2 aromatic rings. The highest BCUT2D eigenvalue weighted by atomic mass is 16.5. The third kappa shape index (κ3) is 3.15. The Morgan fingerprint density at radius 3 is 2.75 bits per heavy atom. The first-order valence-electron chi connectivity index (χ1n) is 11.0. The van der Waals surface area contributed by atoms with E-state index in [-0.39, 0.29) is 41.0 Å². The number of hydrogen-bond acceptors (Lipinski definition) is 6. The first-order valence-corrected chi connectivity index (χ1v) is 11.0. The second-order valence-electron chi connectivity index (χ2n) is 8.93. The van der Waals surface area contributed by atoms with Crippen molar-refractivity contribution in [3.63, 3.8) is 0 Å². The van der Waals surface area contributed by atoms with Gasteiger partial charge in [-0.3, -0.25) is 14.5 Å². The maximum atomic E-state index is 13.8. The molecule has 2 aliphatic heterocycles. The number of phenols is 1. The van der Waals surface area contributed by atoms with Gasteiger partial charge in [0.25, 0.3) is 5.91 Å². The molecular weight excluding hydrogens is 408 g/mol. The zero-order chi connectivity index (χ0) is 22.6. The van der Waals surface area contributed by atoms with Crippen LogP contribution in [-0.4, -0.2) is 35.0 Å². The summed E-state index contributed by atoms with van der Waals surface area (Å²) in [6.45, 7) is 4.01. The van der Waals surface area contributed by atoms with E-state index in [0.717, 1.165) is 25.0 Å². The normalized spacial score (nSPS) is 27.2. The second-order valence-corrected chi connectivity index (χ2v) is 8.93. The molecule has 0 bridgehead atoms. The minimum atomic E-state index is -0.702.